The topological polar surface area (TPSA) is 110 Å². The van der Waals surface area contributed by atoms with E-state index in [4.69, 9.17) is 31.2 Å². The number of aromatic nitrogens is 3. The van der Waals surface area contributed by atoms with Crippen LogP contribution in [-0.4, -0.2) is 86.2 Å². The van der Waals surface area contributed by atoms with Crippen LogP contribution in [0.3, 0.4) is 0 Å². The number of benzene rings is 3. The van der Waals surface area contributed by atoms with Gasteiger partial charge in [0.25, 0.3) is 0 Å². The van der Waals surface area contributed by atoms with Gasteiger partial charge in [-0.3, -0.25) is 4.68 Å². The average molecular weight is 744 g/mol. The summed E-state index contributed by atoms with van der Waals surface area (Å²) in [5.74, 6) is -0.114. The van der Waals surface area contributed by atoms with Gasteiger partial charge in [0.15, 0.2) is 6.10 Å². The second-order valence-corrected chi connectivity index (χ2v) is 16.4. The molecule has 2 aliphatic heterocycles. The van der Waals surface area contributed by atoms with E-state index >= 15 is 0 Å². The minimum absolute atomic E-state index is 0.100. The predicted octanol–water partition coefficient (Wildman–Crippen LogP) is 8.83. The molecular weight excluding hydrogens is 698 g/mol. The van der Waals surface area contributed by atoms with E-state index in [0.29, 0.717) is 17.5 Å². The summed E-state index contributed by atoms with van der Waals surface area (Å²) < 4.78 is 15.0. The van der Waals surface area contributed by atoms with Crippen molar-refractivity contribution in [3.8, 4) is 21.7 Å². The highest BCUT2D eigenvalue weighted by Gasteiger charge is 2.36. The molecule has 0 bridgehead atoms. The van der Waals surface area contributed by atoms with E-state index in [9.17, 15) is 14.7 Å². The Kier molecular flexibility index (Phi) is 10.1. The first-order valence-corrected chi connectivity index (χ1v) is 19.2. The van der Waals surface area contributed by atoms with Crippen molar-refractivity contribution < 1.29 is 24.2 Å². The maximum Gasteiger partial charge on any atom is 0.407 e. The van der Waals surface area contributed by atoms with Crippen LogP contribution in [0.5, 0.6) is 0 Å². The summed E-state index contributed by atoms with van der Waals surface area (Å²) in [4.78, 5) is 34.2. The van der Waals surface area contributed by atoms with E-state index in [0.717, 1.165) is 98.5 Å². The second-order valence-electron chi connectivity index (χ2n) is 15.0. The average Bonchev–Trinajstić information content (AvgIpc) is 3.65. The zero-order valence-corrected chi connectivity index (χ0v) is 32.2. The lowest BCUT2D eigenvalue weighted by molar-refractivity contribution is -0.166. The molecule has 7 rings (SSSR count). The summed E-state index contributed by atoms with van der Waals surface area (Å²) in [6.07, 6.45) is 1.13. The number of esters is 1. The Morgan fingerprint density at radius 1 is 1.04 bits per heavy atom. The molecule has 5 aromatic rings. The number of hydrogen-bond donors (Lipinski definition) is 1. The molecule has 0 unspecified atom stereocenters. The van der Waals surface area contributed by atoms with Gasteiger partial charge in [0.2, 0.25) is 0 Å². The Morgan fingerprint density at radius 2 is 1.75 bits per heavy atom. The molecule has 0 saturated carbocycles. The summed E-state index contributed by atoms with van der Waals surface area (Å²) in [5, 5.41) is 17.1. The van der Waals surface area contributed by atoms with Gasteiger partial charge in [0.1, 0.15) is 5.01 Å². The molecule has 0 radical (unpaired) electrons. The molecule has 2 atom stereocenters. The van der Waals surface area contributed by atoms with Crippen LogP contribution in [0.15, 0.2) is 48.5 Å². The monoisotopic (exact) mass is 743 g/mol. The van der Waals surface area contributed by atoms with Crippen molar-refractivity contribution in [2.75, 3.05) is 32.8 Å². The third-order valence-electron chi connectivity index (χ3n) is 10.3. The SMILES string of the molecule is CCOC(=O)[C@@H](OC(C)(C)C)c1c(C)cc2nc(-c3ccc4c(c3)c(C3CCN(C[C@H]5CCN5C(=O)O)CC3)nn4C)sc2c1-c1ccc(Cl)cc1. The number of aryl methyl sites for hydroxylation is 2. The largest absolute Gasteiger partial charge is 0.465 e. The van der Waals surface area contributed by atoms with Crippen LogP contribution in [-0.2, 0) is 21.3 Å². The van der Waals surface area contributed by atoms with Crippen LogP contribution in [0.1, 0.15) is 75.8 Å². The van der Waals surface area contributed by atoms with Crippen molar-refractivity contribution >= 4 is 56.1 Å². The van der Waals surface area contributed by atoms with Gasteiger partial charge in [-0.15, -0.1) is 11.3 Å². The fourth-order valence-corrected chi connectivity index (χ4v) is 8.92. The van der Waals surface area contributed by atoms with Crippen molar-refractivity contribution in [3.63, 3.8) is 0 Å². The summed E-state index contributed by atoms with van der Waals surface area (Å²) in [6, 6.07) is 16.3. The Bertz CT molecular complexity index is 2130. The number of halogens is 1. The van der Waals surface area contributed by atoms with E-state index in [2.05, 4.69) is 23.1 Å². The van der Waals surface area contributed by atoms with Gasteiger partial charge in [-0.25, -0.2) is 14.6 Å². The number of piperidine rings is 1. The van der Waals surface area contributed by atoms with Crippen LogP contribution < -0.4 is 0 Å². The molecule has 2 aliphatic rings. The molecule has 52 heavy (non-hydrogen) atoms. The molecule has 274 valence electrons. The van der Waals surface area contributed by atoms with Gasteiger partial charge in [-0.1, -0.05) is 23.7 Å². The third-order valence-corrected chi connectivity index (χ3v) is 11.6. The number of hydrogen-bond acceptors (Lipinski definition) is 8. The number of thiazole rings is 1. The van der Waals surface area contributed by atoms with E-state index in [1.165, 1.54) is 0 Å². The zero-order chi connectivity index (χ0) is 36.9. The first-order valence-electron chi connectivity index (χ1n) is 18.0. The molecule has 10 nitrogen and oxygen atoms in total. The minimum atomic E-state index is -0.939. The highest BCUT2D eigenvalue weighted by Crippen LogP contribution is 2.45. The number of rotatable bonds is 9. The van der Waals surface area contributed by atoms with Crippen molar-refractivity contribution in [2.24, 2.45) is 7.05 Å². The molecule has 2 saturated heterocycles. The number of likely N-dealkylation sites (tertiary alicyclic amines) is 2. The first kappa shape index (κ1) is 36.3. The van der Waals surface area contributed by atoms with Crippen molar-refractivity contribution in [2.45, 2.75) is 77.5 Å². The van der Waals surface area contributed by atoms with Crippen LogP contribution in [0, 0.1) is 6.92 Å². The van der Waals surface area contributed by atoms with Crippen molar-refractivity contribution in [3.05, 3.63) is 70.4 Å². The maximum absolute atomic E-state index is 13.6. The third kappa shape index (κ3) is 7.16. The Hall–Kier alpha value is -4.03. The molecule has 2 aromatic heterocycles. The Morgan fingerprint density at radius 3 is 2.38 bits per heavy atom. The van der Waals surface area contributed by atoms with Crippen LogP contribution >= 0.6 is 22.9 Å². The van der Waals surface area contributed by atoms with Gasteiger partial charge in [-0.05, 0) is 114 Å². The smallest absolute Gasteiger partial charge is 0.407 e. The second kappa shape index (κ2) is 14.4. The number of carbonyl (C=O) groups is 2. The summed E-state index contributed by atoms with van der Waals surface area (Å²) in [7, 11) is 2.00. The van der Waals surface area contributed by atoms with Crippen molar-refractivity contribution in [1.82, 2.24) is 24.6 Å². The first-order chi connectivity index (χ1) is 24.8. The van der Waals surface area contributed by atoms with E-state index in [1.54, 1.807) is 23.2 Å². The van der Waals surface area contributed by atoms with Crippen LogP contribution in [0.25, 0.3) is 42.8 Å². The highest BCUT2D eigenvalue weighted by atomic mass is 35.5. The molecule has 12 heteroatoms. The summed E-state index contributed by atoms with van der Waals surface area (Å²) in [5.41, 5.74) is 6.88. The number of nitrogens with zero attached hydrogens (tertiary/aromatic N) is 5. The molecule has 3 aromatic carbocycles. The predicted molar refractivity (Wildman–Crippen MR) is 206 cm³/mol. The molecule has 2 fully saturated rings. The lowest BCUT2D eigenvalue weighted by atomic mass is 9.90. The van der Waals surface area contributed by atoms with Crippen molar-refractivity contribution in [1.29, 1.82) is 0 Å². The molecule has 0 aliphatic carbocycles. The number of ether oxygens (including phenoxy) is 2. The molecule has 1 amide bonds. The fraction of sp³-hybridized carbons (Fsp3) is 0.450. The van der Waals surface area contributed by atoms with Gasteiger partial charge < -0.3 is 24.4 Å². The number of amides is 1. The summed E-state index contributed by atoms with van der Waals surface area (Å²) in [6.45, 7) is 13.1. The minimum Gasteiger partial charge on any atom is -0.465 e. The Labute approximate surface area is 313 Å². The van der Waals surface area contributed by atoms with Gasteiger partial charge in [0, 0.05) is 59.2 Å². The van der Waals surface area contributed by atoms with Crippen LogP contribution in [0.4, 0.5) is 4.79 Å². The molecular formula is C40H46ClN5O5S. The lowest BCUT2D eigenvalue weighted by Gasteiger charge is -2.43. The van der Waals surface area contributed by atoms with E-state index in [-0.39, 0.29) is 12.6 Å². The van der Waals surface area contributed by atoms with Gasteiger partial charge >= 0.3 is 12.1 Å². The van der Waals surface area contributed by atoms with Gasteiger partial charge in [-0.2, -0.15) is 5.10 Å². The zero-order valence-electron chi connectivity index (χ0n) is 30.6. The standard InChI is InChI=1S/C40H46ClN5O5S/c1-7-50-38(47)35(51-40(3,4)5)32-23(2)20-30-36(33(32)24-8-11-27(41)12-9-24)52-37(42-30)26-10-13-31-29(21-26)34(43-44(31)6)25-14-17-45(18-15-25)22-28-16-19-46(28)39(48)49/h8-13,20-21,25,28,35H,7,14-19,22H2,1-6H3,(H,48,49)/t28-,35+/m1/s1. The number of carboxylic acid groups (broad SMARTS) is 1. The lowest BCUT2D eigenvalue weighted by Crippen LogP contribution is -2.56. The fourth-order valence-electron chi connectivity index (χ4n) is 7.67. The highest BCUT2D eigenvalue weighted by molar-refractivity contribution is 7.22. The normalized spacial score (nSPS) is 17.8. The van der Waals surface area contributed by atoms with Crippen LogP contribution in [0.2, 0.25) is 5.02 Å². The maximum atomic E-state index is 13.6. The quantitative estimate of drug-likeness (QED) is 0.149. The number of carbonyl (C=O) groups excluding carboxylic acids is 1. The number of fused-ring (bicyclic) bond motifs is 2. The molecule has 1 N–H and O–H groups in total. The summed E-state index contributed by atoms with van der Waals surface area (Å²) >= 11 is 7.94. The Balaban J connectivity index is 1.26. The van der Waals surface area contributed by atoms with E-state index in [1.807, 2.05) is 69.8 Å². The molecule has 4 heterocycles. The van der Waals surface area contributed by atoms with E-state index < -0.39 is 23.8 Å². The van der Waals surface area contributed by atoms with Gasteiger partial charge in [0.05, 0.1) is 33.6 Å². The molecule has 0 spiro atoms.